The Labute approximate surface area is 68.4 Å². The smallest absolute Gasteiger partial charge is 0.208 e. The Balaban J connectivity index is 4.22. The van der Waals surface area contributed by atoms with Crippen LogP contribution >= 0.6 is 0 Å². The number of hydrogen-bond donors (Lipinski definition) is 2. The Morgan fingerprint density at radius 2 is 2.18 bits per heavy atom. The van der Waals surface area contributed by atoms with Gasteiger partial charge in [0.25, 0.3) is 0 Å². The minimum atomic E-state index is 0.426. The van der Waals surface area contributed by atoms with Crippen molar-refractivity contribution in [2.45, 2.75) is 26.8 Å². The normalized spacial score (nSPS) is 12.0. The number of rotatable bonds is 2. The largest absolute Gasteiger partial charge is 0.340 e. The van der Waals surface area contributed by atoms with E-state index in [0.717, 1.165) is 12.5 Å². The minimum Gasteiger partial charge on any atom is -0.340 e. The maximum atomic E-state index is 5.28. The first-order chi connectivity index (χ1) is 5.17. The zero-order valence-corrected chi connectivity index (χ0v) is 7.76. The van der Waals surface area contributed by atoms with Gasteiger partial charge in [-0.3, -0.25) is 10.4 Å². The van der Waals surface area contributed by atoms with Crippen molar-refractivity contribution in [3.05, 3.63) is 0 Å². The topological polar surface area (TPSA) is 53.6 Å². The highest BCUT2D eigenvalue weighted by Crippen LogP contribution is 1.96. The summed E-state index contributed by atoms with van der Waals surface area (Å²) in [5.74, 6) is 6.01. The summed E-state index contributed by atoms with van der Waals surface area (Å²) in [6.45, 7) is 7.19. The number of nitrogens with one attached hydrogen (secondary N) is 1. The molecule has 0 aromatic heterocycles. The van der Waals surface area contributed by atoms with E-state index in [2.05, 4.69) is 36.1 Å². The third kappa shape index (κ3) is 2.76. The average molecular weight is 158 g/mol. The highest BCUT2D eigenvalue weighted by atomic mass is 15.4. The Kier molecular flexibility index (Phi) is 4.61. The van der Waals surface area contributed by atoms with Gasteiger partial charge in [-0.1, -0.05) is 0 Å². The molecule has 0 radical (unpaired) electrons. The number of hydrazine groups is 1. The van der Waals surface area contributed by atoms with Crippen LogP contribution in [0.1, 0.15) is 20.8 Å². The number of hydrogen-bond acceptors (Lipinski definition) is 2. The fourth-order valence-corrected chi connectivity index (χ4v) is 1.04. The zero-order chi connectivity index (χ0) is 8.85. The summed E-state index contributed by atoms with van der Waals surface area (Å²) < 4.78 is 0. The van der Waals surface area contributed by atoms with Crippen LogP contribution in [-0.2, 0) is 0 Å². The third-order valence-corrected chi connectivity index (χ3v) is 1.58. The van der Waals surface area contributed by atoms with Gasteiger partial charge >= 0.3 is 0 Å². The molecule has 66 valence electrons. The molecule has 0 fully saturated rings. The summed E-state index contributed by atoms with van der Waals surface area (Å²) >= 11 is 0. The van der Waals surface area contributed by atoms with E-state index in [-0.39, 0.29) is 0 Å². The van der Waals surface area contributed by atoms with Crippen LogP contribution in [0.15, 0.2) is 4.99 Å². The molecule has 0 aliphatic rings. The van der Waals surface area contributed by atoms with E-state index in [4.69, 9.17) is 5.84 Å². The lowest BCUT2D eigenvalue weighted by Gasteiger charge is -2.27. The minimum absolute atomic E-state index is 0.426. The fraction of sp³-hybridized carbons (Fsp3) is 0.857. The lowest BCUT2D eigenvalue weighted by atomic mass is 10.3. The molecule has 0 aromatic carbocycles. The van der Waals surface area contributed by atoms with Crippen LogP contribution in [0, 0.1) is 0 Å². The summed E-state index contributed by atoms with van der Waals surface area (Å²) in [5, 5.41) is 0. The predicted molar refractivity (Wildman–Crippen MR) is 48.2 cm³/mol. The van der Waals surface area contributed by atoms with Gasteiger partial charge in [0.2, 0.25) is 5.96 Å². The Hall–Kier alpha value is -0.770. The van der Waals surface area contributed by atoms with Gasteiger partial charge in [-0.15, -0.1) is 0 Å². The maximum absolute atomic E-state index is 5.28. The van der Waals surface area contributed by atoms with Crippen LogP contribution in [0.25, 0.3) is 0 Å². The summed E-state index contributed by atoms with van der Waals surface area (Å²) in [5.41, 5.74) is 2.56. The average Bonchev–Trinajstić information content (AvgIpc) is 1.99. The van der Waals surface area contributed by atoms with Gasteiger partial charge in [-0.05, 0) is 20.8 Å². The highest BCUT2D eigenvalue weighted by molar-refractivity contribution is 5.79. The monoisotopic (exact) mass is 158 g/mol. The van der Waals surface area contributed by atoms with Crippen molar-refractivity contribution in [3.63, 3.8) is 0 Å². The molecule has 3 N–H and O–H groups in total. The van der Waals surface area contributed by atoms with Gasteiger partial charge < -0.3 is 4.90 Å². The molecule has 0 heterocycles. The zero-order valence-electron chi connectivity index (χ0n) is 7.76. The van der Waals surface area contributed by atoms with Crippen molar-refractivity contribution in [2.24, 2.45) is 10.8 Å². The first kappa shape index (κ1) is 10.2. The molecule has 0 aromatic rings. The SMILES string of the molecule is CCN(C(=NC)NN)C(C)C. The Bertz CT molecular complexity index is 130. The van der Waals surface area contributed by atoms with Crippen LogP contribution in [0.4, 0.5) is 0 Å². The standard InChI is InChI=1S/C7H18N4/c1-5-11(6(2)3)7(9-4)10-8/h6H,5,8H2,1-4H3,(H,9,10). The second kappa shape index (κ2) is 4.96. The van der Waals surface area contributed by atoms with Gasteiger partial charge in [0.1, 0.15) is 0 Å². The molecular weight excluding hydrogens is 140 g/mol. The molecule has 0 unspecified atom stereocenters. The number of aliphatic imine (C=N–C) groups is 1. The molecule has 4 heteroatoms. The van der Waals surface area contributed by atoms with Crippen LogP contribution in [0.2, 0.25) is 0 Å². The second-order valence-electron chi connectivity index (χ2n) is 2.57. The first-order valence-electron chi connectivity index (χ1n) is 3.87. The molecule has 0 bridgehead atoms. The molecule has 0 atom stereocenters. The molecule has 0 aliphatic heterocycles. The quantitative estimate of drug-likeness (QED) is 0.261. The molecule has 0 aliphatic carbocycles. The van der Waals surface area contributed by atoms with Crippen molar-refractivity contribution in [2.75, 3.05) is 13.6 Å². The molecule has 4 nitrogen and oxygen atoms in total. The van der Waals surface area contributed by atoms with E-state index in [1.807, 2.05) is 0 Å². The van der Waals surface area contributed by atoms with Gasteiger partial charge in [-0.2, -0.15) is 0 Å². The summed E-state index contributed by atoms with van der Waals surface area (Å²) in [6, 6.07) is 0.426. The van der Waals surface area contributed by atoms with E-state index in [9.17, 15) is 0 Å². The van der Waals surface area contributed by atoms with Gasteiger partial charge in [0, 0.05) is 19.6 Å². The van der Waals surface area contributed by atoms with Crippen molar-refractivity contribution in [1.82, 2.24) is 10.3 Å². The molecule has 0 saturated heterocycles. The fourth-order valence-electron chi connectivity index (χ4n) is 1.04. The van der Waals surface area contributed by atoms with E-state index in [1.165, 1.54) is 0 Å². The lowest BCUT2D eigenvalue weighted by molar-refractivity contribution is 0.354. The van der Waals surface area contributed by atoms with E-state index in [0.29, 0.717) is 6.04 Å². The molecular formula is C7H18N4. The maximum Gasteiger partial charge on any atom is 0.208 e. The molecule has 11 heavy (non-hydrogen) atoms. The predicted octanol–water partition coefficient (Wildman–Crippen LogP) is 0.166. The second-order valence-corrected chi connectivity index (χ2v) is 2.57. The Morgan fingerprint density at radius 1 is 1.64 bits per heavy atom. The van der Waals surface area contributed by atoms with Crippen molar-refractivity contribution in [1.29, 1.82) is 0 Å². The molecule has 0 amide bonds. The number of nitrogens with zero attached hydrogens (tertiary/aromatic N) is 2. The van der Waals surface area contributed by atoms with Gasteiger partial charge in [-0.25, -0.2) is 5.84 Å². The van der Waals surface area contributed by atoms with Crippen molar-refractivity contribution < 1.29 is 0 Å². The number of guanidine groups is 1. The van der Waals surface area contributed by atoms with Gasteiger partial charge in [0.15, 0.2) is 0 Å². The van der Waals surface area contributed by atoms with Crippen molar-refractivity contribution in [3.8, 4) is 0 Å². The highest BCUT2D eigenvalue weighted by Gasteiger charge is 2.09. The van der Waals surface area contributed by atoms with Crippen molar-refractivity contribution >= 4 is 5.96 Å². The van der Waals surface area contributed by atoms with Crippen LogP contribution in [0.3, 0.4) is 0 Å². The summed E-state index contributed by atoms with van der Waals surface area (Å²) in [6.07, 6.45) is 0. The Morgan fingerprint density at radius 3 is 2.27 bits per heavy atom. The van der Waals surface area contributed by atoms with E-state index in [1.54, 1.807) is 7.05 Å². The third-order valence-electron chi connectivity index (χ3n) is 1.58. The lowest BCUT2D eigenvalue weighted by Crippen LogP contribution is -2.47. The van der Waals surface area contributed by atoms with Gasteiger partial charge in [0.05, 0.1) is 0 Å². The summed E-state index contributed by atoms with van der Waals surface area (Å²) in [7, 11) is 1.72. The molecule has 0 spiro atoms. The summed E-state index contributed by atoms with van der Waals surface area (Å²) in [4.78, 5) is 6.09. The first-order valence-corrected chi connectivity index (χ1v) is 3.87. The van der Waals surface area contributed by atoms with Crippen LogP contribution < -0.4 is 11.3 Å². The number of nitrogens with two attached hydrogens (primary N) is 1. The molecule has 0 rings (SSSR count). The van der Waals surface area contributed by atoms with Crippen LogP contribution in [0.5, 0.6) is 0 Å². The van der Waals surface area contributed by atoms with E-state index >= 15 is 0 Å². The van der Waals surface area contributed by atoms with Crippen LogP contribution in [-0.4, -0.2) is 30.5 Å². The van der Waals surface area contributed by atoms with E-state index < -0.39 is 0 Å². The molecule has 0 saturated carbocycles.